The molecule has 2 aromatic rings. The molecule has 16 heavy (non-hydrogen) atoms. The van der Waals surface area contributed by atoms with Gasteiger partial charge in [0.2, 0.25) is 0 Å². The molecule has 2 N–H and O–H groups in total. The molecule has 0 spiro atoms. The molecule has 0 aliphatic heterocycles. The third kappa shape index (κ3) is 2.28. The first-order valence-corrected chi connectivity index (χ1v) is 6.15. The average molecular weight is 252 g/mol. The molecule has 0 aliphatic carbocycles. The topological polar surface area (TPSA) is 55.0 Å². The van der Waals surface area contributed by atoms with Crippen LogP contribution in [0.15, 0.2) is 17.8 Å². The highest BCUT2D eigenvalue weighted by Crippen LogP contribution is 2.25. The fourth-order valence-corrected chi connectivity index (χ4v) is 2.28. The molecule has 0 bridgehead atoms. The maximum Gasteiger partial charge on any atom is 0.140 e. The van der Waals surface area contributed by atoms with Gasteiger partial charge >= 0.3 is 0 Å². The lowest BCUT2D eigenvalue weighted by molar-refractivity contribution is 0.901. The molecule has 2 heterocycles. The van der Waals surface area contributed by atoms with Crippen molar-refractivity contribution in [3.05, 3.63) is 17.8 Å². The van der Waals surface area contributed by atoms with Crippen molar-refractivity contribution in [2.24, 2.45) is 5.73 Å². The van der Waals surface area contributed by atoms with Crippen LogP contribution >= 0.6 is 23.6 Å². The number of hydrogen-bond donors (Lipinski definition) is 1. The summed E-state index contributed by atoms with van der Waals surface area (Å²) < 4.78 is 0. The van der Waals surface area contributed by atoms with Gasteiger partial charge in [0.15, 0.2) is 0 Å². The van der Waals surface area contributed by atoms with Crippen LogP contribution in [0.25, 0.3) is 10.2 Å². The van der Waals surface area contributed by atoms with Crippen molar-refractivity contribution in [1.82, 2.24) is 9.97 Å². The number of anilines is 1. The number of hydrogen-bond acceptors (Lipinski definition) is 5. The highest BCUT2D eigenvalue weighted by atomic mass is 32.1. The molecule has 0 unspecified atom stereocenters. The largest absolute Gasteiger partial charge is 0.393 e. The smallest absolute Gasteiger partial charge is 0.140 e. The number of rotatable bonds is 4. The summed E-state index contributed by atoms with van der Waals surface area (Å²) in [6, 6.07) is 2.03. The monoisotopic (exact) mass is 252 g/mol. The van der Waals surface area contributed by atoms with E-state index in [-0.39, 0.29) is 0 Å². The molecule has 0 radical (unpaired) electrons. The molecule has 84 valence electrons. The summed E-state index contributed by atoms with van der Waals surface area (Å²) in [7, 11) is 1.98. The van der Waals surface area contributed by atoms with Gasteiger partial charge in [-0.25, -0.2) is 9.97 Å². The molecular formula is C10H12N4S2. The van der Waals surface area contributed by atoms with Crippen molar-refractivity contribution in [3.63, 3.8) is 0 Å². The van der Waals surface area contributed by atoms with Crippen LogP contribution in [0.4, 0.5) is 5.82 Å². The van der Waals surface area contributed by atoms with Crippen molar-refractivity contribution in [1.29, 1.82) is 0 Å². The molecule has 2 aromatic heterocycles. The summed E-state index contributed by atoms with van der Waals surface area (Å²) in [6.45, 7) is 0.775. The Kier molecular flexibility index (Phi) is 3.31. The van der Waals surface area contributed by atoms with Gasteiger partial charge in [0.25, 0.3) is 0 Å². The SMILES string of the molecule is CN(CCC(N)=S)c1ncnc2sccc12. The van der Waals surface area contributed by atoms with Crippen LogP contribution < -0.4 is 10.6 Å². The van der Waals surface area contributed by atoms with Gasteiger partial charge in [-0.3, -0.25) is 0 Å². The second-order valence-corrected chi connectivity index (χ2v) is 4.89. The van der Waals surface area contributed by atoms with Crippen molar-refractivity contribution >= 4 is 44.6 Å². The Labute approximate surface area is 103 Å². The van der Waals surface area contributed by atoms with Gasteiger partial charge in [-0.05, 0) is 11.4 Å². The third-order valence-electron chi connectivity index (χ3n) is 2.30. The Morgan fingerprint density at radius 3 is 3.12 bits per heavy atom. The Bertz CT molecular complexity index is 508. The van der Waals surface area contributed by atoms with Crippen molar-refractivity contribution in [2.75, 3.05) is 18.5 Å². The normalized spacial score (nSPS) is 10.6. The van der Waals surface area contributed by atoms with Gasteiger partial charge in [0, 0.05) is 20.0 Å². The predicted molar refractivity (Wildman–Crippen MR) is 72.1 cm³/mol. The van der Waals surface area contributed by atoms with E-state index in [1.807, 2.05) is 18.5 Å². The van der Waals surface area contributed by atoms with Gasteiger partial charge in [0.05, 0.1) is 10.4 Å². The second-order valence-electron chi connectivity index (χ2n) is 3.47. The summed E-state index contributed by atoms with van der Waals surface area (Å²) in [5.74, 6) is 0.933. The highest BCUT2D eigenvalue weighted by molar-refractivity contribution is 7.80. The van der Waals surface area contributed by atoms with Crippen LogP contribution in [0.1, 0.15) is 6.42 Å². The minimum Gasteiger partial charge on any atom is -0.393 e. The lowest BCUT2D eigenvalue weighted by Crippen LogP contribution is -2.24. The number of nitrogens with two attached hydrogens (primary N) is 1. The number of thiocarbonyl (C=S) groups is 1. The van der Waals surface area contributed by atoms with Gasteiger partial charge in [-0.15, -0.1) is 11.3 Å². The zero-order chi connectivity index (χ0) is 11.5. The number of aromatic nitrogens is 2. The standard InChI is InChI=1S/C10H12N4S2/c1-14(4-2-8(11)15)9-7-3-5-16-10(7)13-6-12-9/h3,5-6H,2,4H2,1H3,(H2,11,15). The molecular weight excluding hydrogens is 240 g/mol. The van der Waals surface area contributed by atoms with Crippen LogP contribution in [0, 0.1) is 0 Å². The molecule has 0 aromatic carbocycles. The average Bonchev–Trinajstić information content (AvgIpc) is 2.73. The molecule has 0 saturated heterocycles. The Balaban J connectivity index is 2.25. The van der Waals surface area contributed by atoms with E-state index >= 15 is 0 Å². The fraction of sp³-hybridized carbons (Fsp3) is 0.300. The van der Waals surface area contributed by atoms with E-state index in [1.165, 1.54) is 0 Å². The molecule has 2 rings (SSSR count). The van der Waals surface area contributed by atoms with E-state index in [1.54, 1.807) is 17.7 Å². The van der Waals surface area contributed by atoms with Gasteiger partial charge in [-0.2, -0.15) is 0 Å². The Hall–Kier alpha value is -1.27. The van der Waals surface area contributed by atoms with Gasteiger partial charge < -0.3 is 10.6 Å². The summed E-state index contributed by atoms with van der Waals surface area (Å²) in [5, 5.41) is 3.10. The first-order chi connectivity index (χ1) is 7.68. The van der Waals surface area contributed by atoms with Crippen LogP contribution in [0.5, 0.6) is 0 Å². The zero-order valence-corrected chi connectivity index (χ0v) is 10.5. The second kappa shape index (κ2) is 4.71. The predicted octanol–water partition coefficient (Wildman–Crippen LogP) is 1.80. The van der Waals surface area contributed by atoms with E-state index in [2.05, 4.69) is 14.9 Å². The summed E-state index contributed by atoms with van der Waals surface area (Å²) in [4.78, 5) is 12.1. The Morgan fingerprint density at radius 1 is 1.56 bits per heavy atom. The Morgan fingerprint density at radius 2 is 2.38 bits per heavy atom. The first-order valence-electron chi connectivity index (χ1n) is 4.86. The van der Waals surface area contributed by atoms with Crippen LogP contribution in [-0.4, -0.2) is 28.5 Å². The number of fused-ring (bicyclic) bond motifs is 1. The number of nitrogens with zero attached hydrogens (tertiary/aromatic N) is 3. The van der Waals surface area contributed by atoms with E-state index < -0.39 is 0 Å². The van der Waals surface area contributed by atoms with Crippen LogP contribution in [-0.2, 0) is 0 Å². The van der Waals surface area contributed by atoms with E-state index in [0.717, 1.165) is 22.6 Å². The van der Waals surface area contributed by atoms with Crippen molar-refractivity contribution in [3.8, 4) is 0 Å². The maximum atomic E-state index is 5.49. The van der Waals surface area contributed by atoms with E-state index in [4.69, 9.17) is 18.0 Å². The number of thiophene rings is 1. The quantitative estimate of drug-likeness (QED) is 0.841. The van der Waals surface area contributed by atoms with Gasteiger partial charge in [-0.1, -0.05) is 12.2 Å². The molecule has 0 atom stereocenters. The van der Waals surface area contributed by atoms with E-state index in [9.17, 15) is 0 Å². The lowest BCUT2D eigenvalue weighted by Gasteiger charge is -2.18. The molecule has 0 amide bonds. The molecule has 0 aliphatic rings. The minimum atomic E-state index is 0.530. The zero-order valence-electron chi connectivity index (χ0n) is 8.88. The van der Waals surface area contributed by atoms with E-state index in [0.29, 0.717) is 11.4 Å². The minimum absolute atomic E-state index is 0.530. The molecule has 0 saturated carbocycles. The molecule has 4 nitrogen and oxygen atoms in total. The summed E-state index contributed by atoms with van der Waals surface area (Å²) in [6.07, 6.45) is 2.28. The fourth-order valence-electron chi connectivity index (χ4n) is 1.46. The molecule has 6 heteroatoms. The highest BCUT2D eigenvalue weighted by Gasteiger charge is 2.09. The first kappa shape index (κ1) is 11.2. The summed E-state index contributed by atoms with van der Waals surface area (Å²) in [5.41, 5.74) is 5.49. The lowest BCUT2D eigenvalue weighted by atomic mass is 10.3. The third-order valence-corrected chi connectivity index (χ3v) is 3.32. The van der Waals surface area contributed by atoms with Gasteiger partial charge in [0.1, 0.15) is 17.0 Å². The van der Waals surface area contributed by atoms with Crippen molar-refractivity contribution < 1.29 is 0 Å². The van der Waals surface area contributed by atoms with Crippen LogP contribution in [0.3, 0.4) is 0 Å². The van der Waals surface area contributed by atoms with Crippen LogP contribution in [0.2, 0.25) is 0 Å². The molecule has 0 fully saturated rings. The van der Waals surface area contributed by atoms with Crippen molar-refractivity contribution in [2.45, 2.75) is 6.42 Å². The summed E-state index contributed by atoms with van der Waals surface area (Å²) >= 11 is 6.48. The maximum absolute atomic E-state index is 5.49.